The van der Waals surface area contributed by atoms with E-state index in [1.807, 2.05) is 42.5 Å². The second-order valence-corrected chi connectivity index (χ2v) is 4.84. The Balaban J connectivity index is 0.000000204. The standard InChI is InChI=1S/C8H8ClNO.C7H8ClN/c9-8-3-1-2-7(4-8)5-10-6-11;8-7-3-1-2-6(4-7)5-9/h1-4,6H,5H2,(H,10,11);1-4H,5,9H2. The number of rotatable bonds is 4. The molecule has 20 heavy (non-hydrogen) atoms. The molecular weight excluding hydrogens is 295 g/mol. The van der Waals surface area contributed by atoms with Gasteiger partial charge in [0, 0.05) is 23.1 Å². The first-order valence-electron chi connectivity index (χ1n) is 6.01. The van der Waals surface area contributed by atoms with Crippen molar-refractivity contribution in [2.45, 2.75) is 13.1 Å². The predicted octanol–water partition coefficient (Wildman–Crippen LogP) is 3.38. The van der Waals surface area contributed by atoms with Crippen LogP contribution in [0, 0.1) is 0 Å². The van der Waals surface area contributed by atoms with Gasteiger partial charge in [-0.05, 0) is 35.4 Å². The molecule has 3 nitrogen and oxygen atoms in total. The topological polar surface area (TPSA) is 55.1 Å². The summed E-state index contributed by atoms with van der Waals surface area (Å²) < 4.78 is 0. The smallest absolute Gasteiger partial charge is 0.207 e. The highest BCUT2D eigenvalue weighted by Crippen LogP contribution is 2.10. The third-order valence-electron chi connectivity index (χ3n) is 2.40. The molecule has 0 unspecified atom stereocenters. The fourth-order valence-electron chi connectivity index (χ4n) is 1.47. The van der Waals surface area contributed by atoms with Crippen LogP contribution in [0.3, 0.4) is 0 Å². The minimum Gasteiger partial charge on any atom is -0.355 e. The average Bonchev–Trinajstić information content (AvgIpc) is 2.46. The van der Waals surface area contributed by atoms with Gasteiger partial charge < -0.3 is 11.1 Å². The number of benzene rings is 2. The maximum Gasteiger partial charge on any atom is 0.207 e. The summed E-state index contributed by atoms with van der Waals surface area (Å²) in [5, 5.41) is 3.99. The van der Waals surface area contributed by atoms with Crippen LogP contribution in [0.1, 0.15) is 11.1 Å². The van der Waals surface area contributed by atoms with Crippen LogP contribution >= 0.6 is 23.2 Å². The Kier molecular flexibility index (Phi) is 7.73. The van der Waals surface area contributed by atoms with Gasteiger partial charge in [0.05, 0.1) is 0 Å². The summed E-state index contributed by atoms with van der Waals surface area (Å²) in [6, 6.07) is 14.9. The summed E-state index contributed by atoms with van der Waals surface area (Å²) in [4.78, 5) is 9.92. The van der Waals surface area contributed by atoms with Crippen LogP contribution in [-0.2, 0) is 17.9 Å². The Morgan fingerprint density at radius 1 is 1.00 bits per heavy atom. The third kappa shape index (κ3) is 6.57. The molecule has 0 saturated heterocycles. The number of hydrogen-bond donors (Lipinski definition) is 2. The molecule has 0 aliphatic carbocycles. The molecule has 0 aromatic heterocycles. The summed E-state index contributed by atoms with van der Waals surface area (Å²) in [5.74, 6) is 0. The molecule has 2 aromatic rings. The van der Waals surface area contributed by atoms with E-state index in [9.17, 15) is 4.79 Å². The normalized spacial score (nSPS) is 9.35. The van der Waals surface area contributed by atoms with Crippen molar-refractivity contribution in [2.75, 3.05) is 0 Å². The van der Waals surface area contributed by atoms with Crippen molar-refractivity contribution in [3.63, 3.8) is 0 Å². The molecule has 0 heterocycles. The minimum absolute atomic E-state index is 0.532. The maximum atomic E-state index is 9.92. The van der Waals surface area contributed by atoms with Gasteiger partial charge >= 0.3 is 0 Å². The molecule has 0 radical (unpaired) electrons. The Hall–Kier alpha value is -1.55. The largest absolute Gasteiger partial charge is 0.355 e. The lowest BCUT2D eigenvalue weighted by Crippen LogP contribution is -2.09. The molecular formula is C15H16Cl2N2O. The lowest BCUT2D eigenvalue weighted by molar-refractivity contribution is -0.109. The first-order valence-corrected chi connectivity index (χ1v) is 6.77. The van der Waals surface area contributed by atoms with Gasteiger partial charge in [-0.25, -0.2) is 0 Å². The molecule has 3 N–H and O–H groups in total. The van der Waals surface area contributed by atoms with Gasteiger partial charge in [0.25, 0.3) is 0 Å². The lowest BCUT2D eigenvalue weighted by atomic mass is 10.2. The number of carbonyl (C=O) groups excluding carboxylic acids is 1. The Bertz CT molecular complexity index is 547. The van der Waals surface area contributed by atoms with E-state index < -0.39 is 0 Å². The number of halogens is 2. The lowest BCUT2D eigenvalue weighted by Gasteiger charge is -1.98. The van der Waals surface area contributed by atoms with Crippen LogP contribution in [0.2, 0.25) is 10.0 Å². The van der Waals surface area contributed by atoms with Crippen molar-refractivity contribution in [1.82, 2.24) is 5.32 Å². The first-order chi connectivity index (χ1) is 9.65. The zero-order chi connectivity index (χ0) is 14.8. The van der Waals surface area contributed by atoms with E-state index >= 15 is 0 Å². The molecule has 0 aliphatic heterocycles. The molecule has 1 amide bonds. The number of carbonyl (C=O) groups is 1. The molecule has 0 atom stereocenters. The zero-order valence-electron chi connectivity index (χ0n) is 10.9. The van der Waals surface area contributed by atoms with E-state index in [2.05, 4.69) is 5.32 Å². The van der Waals surface area contributed by atoms with Crippen LogP contribution in [0.5, 0.6) is 0 Å². The number of amides is 1. The number of hydrogen-bond acceptors (Lipinski definition) is 2. The Morgan fingerprint density at radius 2 is 1.55 bits per heavy atom. The van der Waals surface area contributed by atoms with Crippen molar-refractivity contribution in [3.8, 4) is 0 Å². The summed E-state index contributed by atoms with van der Waals surface area (Å²) >= 11 is 11.4. The maximum absolute atomic E-state index is 9.92. The Labute approximate surface area is 128 Å². The van der Waals surface area contributed by atoms with E-state index in [1.165, 1.54) is 0 Å². The van der Waals surface area contributed by atoms with Gasteiger partial charge in [-0.1, -0.05) is 47.5 Å². The number of nitrogens with one attached hydrogen (secondary N) is 1. The molecule has 106 valence electrons. The molecule has 0 aliphatic rings. The number of nitrogens with two attached hydrogens (primary N) is 1. The van der Waals surface area contributed by atoms with Crippen molar-refractivity contribution < 1.29 is 4.79 Å². The van der Waals surface area contributed by atoms with Gasteiger partial charge in [0.2, 0.25) is 6.41 Å². The van der Waals surface area contributed by atoms with Gasteiger partial charge in [0.1, 0.15) is 0 Å². The fourth-order valence-corrected chi connectivity index (χ4v) is 1.90. The van der Waals surface area contributed by atoms with E-state index in [1.54, 1.807) is 6.07 Å². The highest BCUT2D eigenvalue weighted by atomic mass is 35.5. The summed E-state index contributed by atoms with van der Waals surface area (Å²) in [6.45, 7) is 1.09. The highest BCUT2D eigenvalue weighted by molar-refractivity contribution is 6.30. The van der Waals surface area contributed by atoms with Gasteiger partial charge in [0.15, 0.2) is 0 Å². The highest BCUT2D eigenvalue weighted by Gasteiger charge is 1.91. The molecule has 5 heteroatoms. The third-order valence-corrected chi connectivity index (χ3v) is 2.87. The minimum atomic E-state index is 0.532. The second kappa shape index (κ2) is 9.37. The fraction of sp³-hybridized carbons (Fsp3) is 0.133. The van der Waals surface area contributed by atoms with Crippen molar-refractivity contribution in [1.29, 1.82) is 0 Å². The van der Waals surface area contributed by atoms with Crippen LogP contribution in [0.4, 0.5) is 0 Å². The zero-order valence-corrected chi connectivity index (χ0v) is 12.4. The van der Waals surface area contributed by atoms with Gasteiger partial charge in [-0.3, -0.25) is 4.79 Å². The molecule has 0 bridgehead atoms. The Morgan fingerprint density at radius 3 is 2.00 bits per heavy atom. The summed E-state index contributed by atoms with van der Waals surface area (Å²) in [7, 11) is 0. The predicted molar refractivity (Wildman–Crippen MR) is 83.7 cm³/mol. The monoisotopic (exact) mass is 310 g/mol. The molecule has 2 rings (SSSR count). The van der Waals surface area contributed by atoms with Crippen LogP contribution in [0.15, 0.2) is 48.5 Å². The summed E-state index contributed by atoms with van der Waals surface area (Å²) in [6.07, 6.45) is 0.668. The molecule has 0 fully saturated rings. The van der Waals surface area contributed by atoms with E-state index in [-0.39, 0.29) is 0 Å². The van der Waals surface area contributed by atoms with Gasteiger partial charge in [-0.2, -0.15) is 0 Å². The van der Waals surface area contributed by atoms with Crippen molar-refractivity contribution in [2.24, 2.45) is 5.73 Å². The average molecular weight is 311 g/mol. The first kappa shape index (κ1) is 16.5. The van der Waals surface area contributed by atoms with Crippen molar-refractivity contribution in [3.05, 3.63) is 69.7 Å². The summed E-state index contributed by atoms with van der Waals surface area (Å²) in [5.41, 5.74) is 7.44. The van der Waals surface area contributed by atoms with Crippen LogP contribution < -0.4 is 11.1 Å². The van der Waals surface area contributed by atoms with E-state index in [0.717, 1.165) is 16.1 Å². The van der Waals surface area contributed by atoms with Crippen molar-refractivity contribution >= 4 is 29.6 Å². The molecule has 0 saturated carbocycles. The van der Waals surface area contributed by atoms with Gasteiger partial charge in [-0.15, -0.1) is 0 Å². The molecule has 0 spiro atoms. The van der Waals surface area contributed by atoms with Crippen LogP contribution in [0.25, 0.3) is 0 Å². The second-order valence-electron chi connectivity index (χ2n) is 3.96. The van der Waals surface area contributed by atoms with E-state index in [0.29, 0.717) is 24.5 Å². The molecule has 2 aromatic carbocycles. The van der Waals surface area contributed by atoms with Crippen LogP contribution in [-0.4, -0.2) is 6.41 Å². The van der Waals surface area contributed by atoms with E-state index in [4.69, 9.17) is 28.9 Å². The quantitative estimate of drug-likeness (QED) is 0.851. The SMILES string of the molecule is NCc1cccc(Cl)c1.O=CNCc1cccc(Cl)c1.